The van der Waals surface area contributed by atoms with E-state index in [1.165, 1.54) is 11.1 Å². The molecule has 0 amide bonds. The Morgan fingerprint density at radius 1 is 1.56 bits per heavy atom. The molecule has 0 heterocycles. The van der Waals surface area contributed by atoms with Crippen LogP contribution in [-0.2, 0) is 4.79 Å². The molecule has 0 bridgehead atoms. The number of aliphatic hydroxyl groups excluding tert-OH is 1. The van der Waals surface area contributed by atoms with Gasteiger partial charge in [0.15, 0.2) is 0 Å². The molecule has 1 unspecified atom stereocenters. The molecule has 1 N–H and O–H groups in total. The third kappa shape index (κ3) is 1.49. The van der Waals surface area contributed by atoms with Crippen molar-refractivity contribution in [2.45, 2.75) is 33.1 Å². The average molecular weight is 218 g/mol. The van der Waals surface area contributed by atoms with Crippen molar-refractivity contribution in [3.05, 3.63) is 34.4 Å². The quantitative estimate of drug-likeness (QED) is 0.571. The highest BCUT2D eigenvalue weighted by Gasteiger charge is 2.40. The second-order valence-corrected chi connectivity index (χ2v) is 4.86. The summed E-state index contributed by atoms with van der Waals surface area (Å²) in [6.45, 7) is 4.19. The van der Waals surface area contributed by atoms with Crippen LogP contribution in [0.2, 0.25) is 0 Å². The SMILES string of the molecule is C/C(C=O)=C1\CC=C2C(CO)=CCCC21C. The van der Waals surface area contributed by atoms with E-state index in [1.54, 1.807) is 0 Å². The van der Waals surface area contributed by atoms with E-state index in [0.717, 1.165) is 36.7 Å². The van der Waals surface area contributed by atoms with E-state index in [0.29, 0.717) is 0 Å². The smallest absolute Gasteiger partial charge is 0.145 e. The van der Waals surface area contributed by atoms with Crippen LogP contribution in [0.25, 0.3) is 0 Å². The Balaban J connectivity index is 2.47. The summed E-state index contributed by atoms with van der Waals surface area (Å²) >= 11 is 0. The number of hydrogen-bond donors (Lipinski definition) is 1. The number of rotatable bonds is 2. The van der Waals surface area contributed by atoms with E-state index in [9.17, 15) is 9.90 Å². The van der Waals surface area contributed by atoms with Gasteiger partial charge < -0.3 is 5.11 Å². The summed E-state index contributed by atoms with van der Waals surface area (Å²) < 4.78 is 0. The van der Waals surface area contributed by atoms with Gasteiger partial charge in [-0.1, -0.05) is 19.1 Å². The van der Waals surface area contributed by atoms with E-state index < -0.39 is 0 Å². The van der Waals surface area contributed by atoms with Crippen LogP contribution >= 0.6 is 0 Å². The molecule has 0 aliphatic heterocycles. The highest BCUT2D eigenvalue weighted by molar-refractivity contribution is 5.75. The third-order valence-electron chi connectivity index (χ3n) is 3.97. The molecule has 2 heteroatoms. The molecule has 2 nitrogen and oxygen atoms in total. The first-order valence-corrected chi connectivity index (χ1v) is 5.80. The van der Waals surface area contributed by atoms with Gasteiger partial charge in [-0.15, -0.1) is 0 Å². The summed E-state index contributed by atoms with van der Waals surface area (Å²) in [6, 6.07) is 0. The maximum absolute atomic E-state index is 10.9. The predicted octanol–water partition coefficient (Wildman–Crippen LogP) is 2.55. The molecule has 0 aromatic heterocycles. The monoisotopic (exact) mass is 218 g/mol. The van der Waals surface area contributed by atoms with Crippen molar-refractivity contribution in [2.24, 2.45) is 5.41 Å². The van der Waals surface area contributed by atoms with Gasteiger partial charge >= 0.3 is 0 Å². The molecule has 16 heavy (non-hydrogen) atoms. The molecule has 0 saturated heterocycles. The third-order valence-corrected chi connectivity index (χ3v) is 3.97. The van der Waals surface area contributed by atoms with Gasteiger partial charge in [0.25, 0.3) is 0 Å². The molecule has 0 aromatic rings. The Kier molecular flexibility index (Phi) is 2.85. The van der Waals surface area contributed by atoms with Crippen molar-refractivity contribution in [3.63, 3.8) is 0 Å². The Labute approximate surface area is 96.4 Å². The number of allylic oxidation sites excluding steroid dienone is 4. The van der Waals surface area contributed by atoms with Gasteiger partial charge in [-0.3, -0.25) is 4.79 Å². The van der Waals surface area contributed by atoms with Crippen molar-refractivity contribution in [2.75, 3.05) is 6.61 Å². The minimum Gasteiger partial charge on any atom is -0.392 e. The lowest BCUT2D eigenvalue weighted by Gasteiger charge is -2.35. The summed E-state index contributed by atoms with van der Waals surface area (Å²) in [7, 11) is 0. The minimum atomic E-state index is -0.0161. The van der Waals surface area contributed by atoms with E-state index in [-0.39, 0.29) is 12.0 Å². The summed E-state index contributed by atoms with van der Waals surface area (Å²) in [4.78, 5) is 10.9. The Morgan fingerprint density at radius 3 is 2.94 bits per heavy atom. The minimum absolute atomic E-state index is 0.0161. The highest BCUT2D eigenvalue weighted by Crippen LogP contribution is 2.52. The molecule has 0 fully saturated rings. The Hall–Kier alpha value is -1.15. The zero-order valence-electron chi connectivity index (χ0n) is 9.92. The zero-order chi connectivity index (χ0) is 11.8. The van der Waals surface area contributed by atoms with E-state index in [1.807, 2.05) is 6.92 Å². The maximum Gasteiger partial charge on any atom is 0.145 e. The highest BCUT2D eigenvalue weighted by atomic mass is 16.3. The predicted molar refractivity (Wildman–Crippen MR) is 64.0 cm³/mol. The number of hydrogen-bond acceptors (Lipinski definition) is 2. The fourth-order valence-corrected chi connectivity index (χ4v) is 3.05. The van der Waals surface area contributed by atoms with Gasteiger partial charge in [0.1, 0.15) is 6.29 Å². The van der Waals surface area contributed by atoms with Crippen molar-refractivity contribution in [1.82, 2.24) is 0 Å². The number of aldehydes is 1. The molecular formula is C14H18O2. The van der Waals surface area contributed by atoms with Crippen molar-refractivity contribution in [1.29, 1.82) is 0 Å². The van der Waals surface area contributed by atoms with Crippen LogP contribution in [0, 0.1) is 5.41 Å². The molecule has 0 aromatic carbocycles. The van der Waals surface area contributed by atoms with Crippen LogP contribution in [0.4, 0.5) is 0 Å². The number of carbonyl (C=O) groups is 1. The Bertz CT molecular complexity index is 412. The number of fused-ring (bicyclic) bond motifs is 1. The fraction of sp³-hybridized carbons (Fsp3) is 0.500. The van der Waals surface area contributed by atoms with E-state index in [2.05, 4.69) is 19.1 Å². The molecule has 2 aliphatic rings. The lowest BCUT2D eigenvalue weighted by atomic mass is 9.69. The molecule has 0 spiro atoms. The number of aliphatic hydroxyl groups is 1. The topological polar surface area (TPSA) is 37.3 Å². The summed E-state index contributed by atoms with van der Waals surface area (Å²) in [5.74, 6) is 0. The zero-order valence-corrected chi connectivity index (χ0v) is 9.92. The average Bonchev–Trinajstić information content (AvgIpc) is 2.64. The molecular weight excluding hydrogens is 200 g/mol. The lowest BCUT2D eigenvalue weighted by molar-refractivity contribution is -0.105. The van der Waals surface area contributed by atoms with Crippen LogP contribution in [0.1, 0.15) is 33.1 Å². The molecule has 0 radical (unpaired) electrons. The first-order valence-electron chi connectivity index (χ1n) is 5.80. The summed E-state index contributed by atoms with van der Waals surface area (Å²) in [6.07, 6.45) is 8.13. The normalized spacial score (nSPS) is 31.7. The van der Waals surface area contributed by atoms with Gasteiger partial charge in [-0.2, -0.15) is 0 Å². The molecule has 1 atom stereocenters. The second-order valence-electron chi connectivity index (χ2n) is 4.86. The van der Waals surface area contributed by atoms with Crippen molar-refractivity contribution >= 4 is 6.29 Å². The standard InChI is InChI=1S/C14H18O2/c1-10(8-15)12-5-6-13-11(9-16)4-3-7-14(12,13)2/h4,6,8,16H,3,5,7,9H2,1-2H3/b12-10-. The van der Waals surface area contributed by atoms with Gasteiger partial charge in [0, 0.05) is 5.41 Å². The number of carbonyl (C=O) groups excluding carboxylic acids is 1. The largest absolute Gasteiger partial charge is 0.392 e. The van der Waals surface area contributed by atoms with E-state index in [4.69, 9.17) is 0 Å². The van der Waals surface area contributed by atoms with Crippen LogP contribution in [0.5, 0.6) is 0 Å². The first-order chi connectivity index (χ1) is 7.63. The van der Waals surface area contributed by atoms with Crippen LogP contribution in [0.15, 0.2) is 34.4 Å². The molecule has 2 rings (SSSR count). The van der Waals surface area contributed by atoms with E-state index >= 15 is 0 Å². The summed E-state index contributed by atoms with van der Waals surface area (Å²) in [5, 5.41) is 9.34. The lowest BCUT2D eigenvalue weighted by Crippen LogP contribution is -2.24. The Morgan fingerprint density at radius 2 is 2.31 bits per heavy atom. The van der Waals surface area contributed by atoms with Crippen LogP contribution < -0.4 is 0 Å². The first kappa shape index (κ1) is 11.3. The fourth-order valence-electron chi connectivity index (χ4n) is 3.05. The van der Waals surface area contributed by atoms with Crippen LogP contribution in [0.3, 0.4) is 0 Å². The van der Waals surface area contributed by atoms with Gasteiger partial charge in [0.2, 0.25) is 0 Å². The van der Waals surface area contributed by atoms with Gasteiger partial charge in [-0.05, 0) is 48.5 Å². The van der Waals surface area contributed by atoms with Crippen LogP contribution in [-0.4, -0.2) is 18.0 Å². The van der Waals surface area contributed by atoms with Crippen molar-refractivity contribution < 1.29 is 9.90 Å². The second kappa shape index (κ2) is 4.02. The van der Waals surface area contributed by atoms with Gasteiger partial charge in [0.05, 0.1) is 6.61 Å². The van der Waals surface area contributed by atoms with Gasteiger partial charge in [-0.25, -0.2) is 0 Å². The maximum atomic E-state index is 10.9. The van der Waals surface area contributed by atoms with Crippen molar-refractivity contribution in [3.8, 4) is 0 Å². The summed E-state index contributed by atoms with van der Waals surface area (Å²) in [5.41, 5.74) is 4.35. The molecule has 0 saturated carbocycles. The molecule has 2 aliphatic carbocycles. The molecule has 86 valence electrons.